The maximum atomic E-state index is 12.6. The highest BCUT2D eigenvalue weighted by Crippen LogP contribution is 2.26. The molecule has 0 saturated heterocycles. The number of fused-ring (bicyclic) bond motifs is 4. The second-order valence-corrected chi connectivity index (χ2v) is 6.23. The van der Waals surface area contributed by atoms with Crippen molar-refractivity contribution in [2.45, 2.75) is 12.8 Å². The quantitative estimate of drug-likeness (QED) is 0.812. The van der Waals surface area contributed by atoms with Crippen LogP contribution in [0.25, 0.3) is 0 Å². The van der Waals surface area contributed by atoms with Crippen LogP contribution in [0.5, 0.6) is 5.75 Å². The Morgan fingerprint density at radius 3 is 2.92 bits per heavy atom. The minimum Gasteiger partial charge on any atom is -0.497 e. The van der Waals surface area contributed by atoms with Gasteiger partial charge >= 0.3 is 0 Å². The Morgan fingerprint density at radius 1 is 1.28 bits per heavy atom. The Morgan fingerprint density at radius 2 is 2.12 bits per heavy atom. The minimum atomic E-state index is -0.0512. The average Bonchev–Trinajstić information content (AvgIpc) is 2.62. The number of rotatable bonds is 1. The van der Waals surface area contributed by atoms with Crippen molar-refractivity contribution in [2.24, 2.45) is 0 Å². The van der Waals surface area contributed by atoms with Crippen LogP contribution in [0.2, 0.25) is 5.02 Å². The predicted octanol–water partition coefficient (Wildman–Crippen LogP) is 3.16. The van der Waals surface area contributed by atoms with E-state index in [1.165, 1.54) is 0 Å². The van der Waals surface area contributed by atoms with E-state index in [0.29, 0.717) is 40.3 Å². The summed E-state index contributed by atoms with van der Waals surface area (Å²) in [6.07, 6.45) is 3.31. The maximum absolute atomic E-state index is 12.6. The van der Waals surface area contributed by atoms with E-state index in [4.69, 9.17) is 16.3 Å². The Labute approximate surface area is 151 Å². The number of methoxy groups -OCH3 is 1. The molecule has 0 spiro atoms. The van der Waals surface area contributed by atoms with Gasteiger partial charge in [0, 0.05) is 37.5 Å². The van der Waals surface area contributed by atoms with Crippen molar-refractivity contribution in [3.63, 3.8) is 0 Å². The zero-order valence-electron chi connectivity index (χ0n) is 14.2. The normalized spacial score (nSPS) is 15.0. The van der Waals surface area contributed by atoms with E-state index in [9.17, 15) is 4.79 Å². The number of amides is 1. The van der Waals surface area contributed by atoms with Crippen molar-refractivity contribution in [1.82, 2.24) is 14.9 Å². The molecule has 0 unspecified atom stereocenters. The number of hydrogen-bond donors (Lipinski definition) is 2. The van der Waals surface area contributed by atoms with Crippen LogP contribution in [0.4, 0.5) is 17.5 Å². The van der Waals surface area contributed by atoms with E-state index in [1.54, 1.807) is 43.5 Å². The van der Waals surface area contributed by atoms with Crippen molar-refractivity contribution in [3.8, 4) is 5.75 Å². The molecule has 1 aromatic carbocycles. The van der Waals surface area contributed by atoms with Gasteiger partial charge in [-0.15, -0.1) is 0 Å². The highest BCUT2D eigenvalue weighted by atomic mass is 35.5. The highest BCUT2D eigenvalue weighted by molar-refractivity contribution is 6.32. The molecule has 2 heterocycles. The first-order chi connectivity index (χ1) is 12.1. The molecule has 8 heteroatoms. The second kappa shape index (κ2) is 7.57. The minimum absolute atomic E-state index is 0.0512. The molecule has 0 radical (unpaired) electrons. The lowest BCUT2D eigenvalue weighted by Gasteiger charge is -2.19. The van der Waals surface area contributed by atoms with Gasteiger partial charge in [-0.2, -0.15) is 4.98 Å². The second-order valence-electron chi connectivity index (χ2n) is 5.83. The maximum Gasteiger partial charge on any atom is 0.253 e. The van der Waals surface area contributed by atoms with E-state index < -0.39 is 0 Å². The summed E-state index contributed by atoms with van der Waals surface area (Å²) in [4.78, 5) is 23.0. The molecule has 0 saturated carbocycles. The van der Waals surface area contributed by atoms with Crippen LogP contribution < -0.4 is 15.4 Å². The Bertz CT molecular complexity index is 784. The van der Waals surface area contributed by atoms with Gasteiger partial charge in [0.15, 0.2) is 0 Å². The van der Waals surface area contributed by atoms with Crippen LogP contribution >= 0.6 is 11.6 Å². The van der Waals surface area contributed by atoms with E-state index >= 15 is 0 Å². The third-order valence-corrected chi connectivity index (χ3v) is 4.23. The van der Waals surface area contributed by atoms with Crippen molar-refractivity contribution >= 4 is 35.0 Å². The summed E-state index contributed by atoms with van der Waals surface area (Å²) in [5.74, 6) is 1.51. The van der Waals surface area contributed by atoms with E-state index in [-0.39, 0.29) is 5.91 Å². The molecule has 1 amide bonds. The summed E-state index contributed by atoms with van der Waals surface area (Å²) >= 11 is 6.15. The fourth-order valence-corrected chi connectivity index (χ4v) is 2.75. The van der Waals surface area contributed by atoms with Gasteiger partial charge in [0.1, 0.15) is 16.6 Å². The number of hydrogen-bond acceptors (Lipinski definition) is 6. The number of nitrogens with zero attached hydrogens (tertiary/aromatic N) is 3. The molecule has 2 aromatic rings. The number of halogens is 1. The van der Waals surface area contributed by atoms with Crippen LogP contribution in [-0.4, -0.2) is 48.0 Å². The smallest absolute Gasteiger partial charge is 0.253 e. The van der Waals surface area contributed by atoms with Crippen LogP contribution in [-0.2, 0) is 0 Å². The predicted molar refractivity (Wildman–Crippen MR) is 98.0 cm³/mol. The molecule has 0 aliphatic carbocycles. The lowest BCUT2D eigenvalue weighted by atomic mass is 10.1. The third-order valence-electron chi connectivity index (χ3n) is 3.95. The van der Waals surface area contributed by atoms with Crippen molar-refractivity contribution < 1.29 is 9.53 Å². The van der Waals surface area contributed by atoms with Gasteiger partial charge in [-0.25, -0.2) is 4.98 Å². The molecular formula is C17H20ClN5O2. The molecule has 7 nitrogen and oxygen atoms in total. The SMILES string of the molecule is COc1cc2cc(c1)C(=O)N(C)CCCCNc1nc(ncc1Cl)N2. The van der Waals surface area contributed by atoms with E-state index in [2.05, 4.69) is 20.6 Å². The molecule has 1 aliphatic rings. The van der Waals surface area contributed by atoms with E-state index in [1.807, 2.05) is 0 Å². The number of carbonyl (C=O) groups is 1. The van der Waals surface area contributed by atoms with Crippen molar-refractivity contribution in [2.75, 3.05) is 37.9 Å². The van der Waals surface area contributed by atoms with Crippen molar-refractivity contribution in [3.05, 3.63) is 35.0 Å². The molecule has 25 heavy (non-hydrogen) atoms. The van der Waals surface area contributed by atoms with Gasteiger partial charge < -0.3 is 20.3 Å². The first kappa shape index (κ1) is 17.3. The number of carbonyl (C=O) groups excluding carboxylic acids is 1. The molecule has 4 bridgehead atoms. The molecule has 1 aliphatic heterocycles. The average molecular weight is 362 g/mol. The summed E-state index contributed by atoms with van der Waals surface area (Å²) < 4.78 is 5.31. The molecule has 0 fully saturated rings. The standard InChI is InChI=1S/C17H20ClN5O2/c1-23-6-4-3-5-19-15-14(18)10-20-17(22-15)21-12-7-11(16(23)24)8-13(9-12)25-2/h7-10H,3-6H2,1-2H3,(H2,19,20,21,22). The first-order valence-electron chi connectivity index (χ1n) is 8.05. The lowest BCUT2D eigenvalue weighted by Crippen LogP contribution is -2.28. The third kappa shape index (κ3) is 4.11. The summed E-state index contributed by atoms with van der Waals surface area (Å²) in [6.45, 7) is 1.39. The van der Waals surface area contributed by atoms with Crippen LogP contribution in [0.3, 0.4) is 0 Å². The summed E-state index contributed by atoms with van der Waals surface area (Å²) in [5, 5.41) is 6.78. The Balaban J connectivity index is 2.02. The van der Waals surface area contributed by atoms with E-state index in [0.717, 1.165) is 19.4 Å². The lowest BCUT2D eigenvalue weighted by molar-refractivity contribution is 0.0793. The van der Waals surface area contributed by atoms with Crippen LogP contribution in [0, 0.1) is 0 Å². The van der Waals surface area contributed by atoms with Gasteiger partial charge in [0.05, 0.1) is 13.3 Å². The topological polar surface area (TPSA) is 79.4 Å². The molecule has 1 aromatic heterocycles. The zero-order valence-corrected chi connectivity index (χ0v) is 14.9. The van der Waals surface area contributed by atoms with Gasteiger partial charge in [-0.3, -0.25) is 4.79 Å². The fourth-order valence-electron chi connectivity index (χ4n) is 2.60. The van der Waals surface area contributed by atoms with Crippen molar-refractivity contribution in [1.29, 1.82) is 0 Å². The highest BCUT2D eigenvalue weighted by Gasteiger charge is 2.15. The van der Waals surface area contributed by atoms with Crippen LogP contribution in [0.15, 0.2) is 24.4 Å². The van der Waals surface area contributed by atoms with Gasteiger partial charge in [-0.1, -0.05) is 11.6 Å². The Hall–Kier alpha value is -2.54. The van der Waals surface area contributed by atoms with Crippen LogP contribution in [0.1, 0.15) is 23.2 Å². The number of anilines is 3. The monoisotopic (exact) mass is 361 g/mol. The molecular weight excluding hydrogens is 342 g/mol. The van der Waals surface area contributed by atoms with Gasteiger partial charge in [-0.05, 0) is 25.0 Å². The number of nitrogens with one attached hydrogen (secondary N) is 2. The number of ether oxygens (including phenoxy) is 1. The van der Waals surface area contributed by atoms with Gasteiger partial charge in [0.2, 0.25) is 5.95 Å². The zero-order chi connectivity index (χ0) is 17.8. The molecule has 0 atom stereocenters. The summed E-state index contributed by atoms with van der Waals surface area (Å²) in [5.41, 5.74) is 1.22. The molecule has 3 rings (SSSR count). The molecule has 132 valence electrons. The fraction of sp³-hybridized carbons (Fsp3) is 0.353. The summed E-state index contributed by atoms with van der Waals surface area (Å²) in [6, 6.07) is 5.28. The first-order valence-corrected chi connectivity index (χ1v) is 8.42. The largest absolute Gasteiger partial charge is 0.497 e. The number of benzene rings is 1. The van der Waals surface area contributed by atoms with Gasteiger partial charge in [0.25, 0.3) is 5.91 Å². The number of aromatic nitrogens is 2. The summed E-state index contributed by atoms with van der Waals surface area (Å²) in [7, 11) is 3.37. The molecule has 2 N–H and O–H groups in total. The Kier molecular flexibility index (Phi) is 5.23.